The molecular formula is C18H18ClN4O3+. The lowest BCUT2D eigenvalue weighted by Crippen LogP contribution is -2.85. The summed E-state index contributed by atoms with van der Waals surface area (Å²) in [6.45, 7) is 4.06. The molecule has 0 radical (unpaired) electrons. The molecule has 7 nitrogen and oxygen atoms in total. The van der Waals surface area contributed by atoms with Gasteiger partial charge in [0.1, 0.15) is 6.04 Å². The minimum atomic E-state index is -0.447. The van der Waals surface area contributed by atoms with E-state index in [2.05, 4.69) is 22.4 Å². The number of nitrogens with zero attached hydrogens (tertiary/aromatic N) is 3. The summed E-state index contributed by atoms with van der Waals surface area (Å²) in [6, 6.07) is 13.9. The highest BCUT2D eigenvalue weighted by Crippen LogP contribution is 2.23. The monoisotopic (exact) mass is 373 g/mol. The summed E-state index contributed by atoms with van der Waals surface area (Å²) >= 11 is 6.05. The highest BCUT2D eigenvalue weighted by molar-refractivity contribution is 6.30. The molecule has 0 saturated carbocycles. The summed E-state index contributed by atoms with van der Waals surface area (Å²) < 4.78 is 5.74. The number of hydrogen-bond acceptors (Lipinski definition) is 5. The van der Waals surface area contributed by atoms with E-state index in [4.69, 9.17) is 16.0 Å². The second-order valence-corrected chi connectivity index (χ2v) is 6.51. The normalized spacial score (nSPS) is 13.3. The molecule has 8 heteroatoms. The van der Waals surface area contributed by atoms with Crippen molar-refractivity contribution < 1.29 is 14.7 Å². The van der Waals surface area contributed by atoms with Crippen LogP contribution in [0.3, 0.4) is 0 Å². The van der Waals surface area contributed by atoms with Gasteiger partial charge in [-0.15, -0.1) is 10.2 Å². The van der Waals surface area contributed by atoms with Gasteiger partial charge in [0.25, 0.3) is 11.6 Å². The Morgan fingerprint density at radius 3 is 2.50 bits per heavy atom. The average Bonchev–Trinajstić information content (AvgIpc) is 3.12. The molecule has 1 aromatic heterocycles. The summed E-state index contributed by atoms with van der Waals surface area (Å²) in [5, 5.41) is 21.7. The fourth-order valence-corrected chi connectivity index (χ4v) is 2.88. The molecular weight excluding hydrogens is 356 g/mol. The maximum absolute atomic E-state index is 10.7. The molecule has 0 amide bonds. The number of hydrogen-bond donors (Lipinski definition) is 1. The zero-order valence-corrected chi connectivity index (χ0v) is 15.1. The largest absolute Gasteiger partial charge is 0.415 e. The number of rotatable bonds is 6. The Morgan fingerprint density at radius 2 is 1.85 bits per heavy atom. The van der Waals surface area contributed by atoms with Gasteiger partial charge in [-0.3, -0.25) is 10.1 Å². The van der Waals surface area contributed by atoms with Gasteiger partial charge in [0, 0.05) is 28.3 Å². The van der Waals surface area contributed by atoms with E-state index in [1.165, 1.54) is 12.1 Å². The second-order valence-electron chi connectivity index (χ2n) is 6.07. The Hall–Kier alpha value is -2.77. The zero-order chi connectivity index (χ0) is 18.7. The zero-order valence-electron chi connectivity index (χ0n) is 14.3. The van der Waals surface area contributed by atoms with Gasteiger partial charge in [-0.05, 0) is 38.1 Å². The quantitative estimate of drug-likeness (QED) is 0.524. The number of aromatic nitrogens is 2. The van der Waals surface area contributed by atoms with E-state index >= 15 is 0 Å². The predicted molar refractivity (Wildman–Crippen MR) is 96.6 cm³/mol. The van der Waals surface area contributed by atoms with Gasteiger partial charge in [-0.1, -0.05) is 23.7 Å². The third-order valence-electron chi connectivity index (χ3n) is 4.11. The third-order valence-corrected chi connectivity index (χ3v) is 4.34. The van der Waals surface area contributed by atoms with Gasteiger partial charge in [-0.2, -0.15) is 0 Å². The van der Waals surface area contributed by atoms with Crippen LogP contribution in [-0.4, -0.2) is 15.1 Å². The molecule has 2 aromatic carbocycles. The van der Waals surface area contributed by atoms with Crippen molar-refractivity contribution in [2.45, 2.75) is 25.9 Å². The first-order chi connectivity index (χ1) is 12.4. The summed E-state index contributed by atoms with van der Waals surface area (Å²) in [5.41, 5.74) is 1.77. The van der Waals surface area contributed by atoms with Crippen molar-refractivity contribution in [2.75, 3.05) is 0 Å². The molecule has 0 fully saturated rings. The second kappa shape index (κ2) is 7.63. The van der Waals surface area contributed by atoms with Gasteiger partial charge in [0.05, 0.1) is 4.92 Å². The molecule has 0 saturated heterocycles. The van der Waals surface area contributed by atoms with Crippen LogP contribution in [0.4, 0.5) is 5.69 Å². The molecule has 0 aliphatic rings. The molecule has 0 aliphatic heterocycles. The van der Waals surface area contributed by atoms with Crippen LogP contribution < -0.4 is 5.32 Å². The molecule has 0 spiro atoms. The maximum Gasteiger partial charge on any atom is 0.274 e. The number of halogens is 1. The molecule has 0 bridgehead atoms. The van der Waals surface area contributed by atoms with Crippen LogP contribution >= 0.6 is 11.6 Å². The van der Waals surface area contributed by atoms with Gasteiger partial charge >= 0.3 is 0 Å². The van der Waals surface area contributed by atoms with Crippen LogP contribution in [-0.2, 0) is 0 Å². The summed E-state index contributed by atoms with van der Waals surface area (Å²) in [7, 11) is 0. The SMILES string of the molecule is C[C@H]([NH2+][C@@H](C)c1nnc(-c2ccc([N+](=O)[O-])cc2)o1)c1cccc(Cl)c1. The lowest BCUT2D eigenvalue weighted by Gasteiger charge is -2.14. The van der Waals surface area contributed by atoms with E-state index in [9.17, 15) is 10.1 Å². The number of quaternary nitrogens is 1. The highest BCUT2D eigenvalue weighted by atomic mass is 35.5. The first-order valence-electron chi connectivity index (χ1n) is 8.12. The summed E-state index contributed by atoms with van der Waals surface area (Å²) in [4.78, 5) is 10.3. The number of nitro groups is 1. The van der Waals surface area contributed by atoms with Crippen LogP contribution in [0.2, 0.25) is 5.02 Å². The predicted octanol–water partition coefficient (Wildman–Crippen LogP) is 3.68. The first kappa shape index (κ1) is 18.0. The van der Waals surface area contributed by atoms with E-state index in [-0.39, 0.29) is 17.8 Å². The third kappa shape index (κ3) is 4.07. The van der Waals surface area contributed by atoms with Gasteiger partial charge in [0.2, 0.25) is 5.89 Å². The minimum absolute atomic E-state index is 0.0190. The fraction of sp³-hybridized carbons (Fsp3) is 0.222. The van der Waals surface area contributed by atoms with Crippen molar-refractivity contribution in [3.05, 3.63) is 75.1 Å². The van der Waals surface area contributed by atoms with Gasteiger partial charge < -0.3 is 9.73 Å². The first-order valence-corrected chi connectivity index (χ1v) is 8.50. The van der Waals surface area contributed by atoms with Crippen molar-refractivity contribution in [2.24, 2.45) is 0 Å². The smallest absolute Gasteiger partial charge is 0.274 e. The Balaban J connectivity index is 1.71. The molecule has 2 atom stereocenters. The van der Waals surface area contributed by atoms with Crippen molar-refractivity contribution in [3.63, 3.8) is 0 Å². The minimum Gasteiger partial charge on any atom is -0.415 e. The number of benzene rings is 2. The highest BCUT2D eigenvalue weighted by Gasteiger charge is 2.21. The molecule has 3 rings (SSSR count). The van der Waals surface area contributed by atoms with E-state index < -0.39 is 4.92 Å². The van der Waals surface area contributed by atoms with Crippen molar-refractivity contribution in [3.8, 4) is 11.5 Å². The van der Waals surface area contributed by atoms with Crippen molar-refractivity contribution in [1.29, 1.82) is 0 Å². The molecule has 0 aliphatic carbocycles. The van der Waals surface area contributed by atoms with E-state index in [0.717, 1.165) is 5.56 Å². The van der Waals surface area contributed by atoms with Crippen LogP contribution in [0.25, 0.3) is 11.5 Å². The number of nitrogens with two attached hydrogens (primary N) is 1. The van der Waals surface area contributed by atoms with Gasteiger partial charge in [-0.25, -0.2) is 0 Å². The van der Waals surface area contributed by atoms with E-state index in [0.29, 0.717) is 22.4 Å². The number of non-ortho nitro benzene ring substituents is 1. The Morgan fingerprint density at radius 1 is 1.12 bits per heavy atom. The summed E-state index contributed by atoms with van der Waals surface area (Å²) in [5.74, 6) is 0.831. The van der Waals surface area contributed by atoms with E-state index in [1.807, 2.05) is 31.2 Å². The van der Waals surface area contributed by atoms with E-state index in [1.54, 1.807) is 12.1 Å². The topological polar surface area (TPSA) is 98.7 Å². The molecule has 3 aromatic rings. The lowest BCUT2D eigenvalue weighted by molar-refractivity contribution is -0.730. The average molecular weight is 374 g/mol. The van der Waals surface area contributed by atoms with Crippen LogP contribution in [0, 0.1) is 10.1 Å². The molecule has 2 N–H and O–H groups in total. The fourth-order valence-electron chi connectivity index (χ4n) is 2.68. The van der Waals surface area contributed by atoms with Crippen LogP contribution in [0.15, 0.2) is 52.9 Å². The Bertz CT molecular complexity index is 911. The standard InChI is InChI=1S/C18H17ClN4O3/c1-11(14-4-3-5-15(19)10-14)20-12(2)17-21-22-18(26-17)13-6-8-16(9-7-13)23(24)25/h3-12,20H,1-2H3/p+1/t11-,12-/m0/s1. The lowest BCUT2D eigenvalue weighted by atomic mass is 10.1. The van der Waals surface area contributed by atoms with Gasteiger partial charge in [0.15, 0.2) is 6.04 Å². The number of nitro benzene ring substituents is 1. The molecule has 1 heterocycles. The summed E-state index contributed by atoms with van der Waals surface area (Å²) in [6.07, 6.45) is 0. The molecule has 26 heavy (non-hydrogen) atoms. The van der Waals surface area contributed by atoms with Crippen molar-refractivity contribution >= 4 is 17.3 Å². The Labute approximate surface area is 155 Å². The van der Waals surface area contributed by atoms with Crippen LogP contribution in [0.1, 0.15) is 37.4 Å². The maximum atomic E-state index is 10.7. The molecule has 0 unspecified atom stereocenters. The van der Waals surface area contributed by atoms with Crippen LogP contribution in [0.5, 0.6) is 0 Å². The Kier molecular flexibility index (Phi) is 5.29. The van der Waals surface area contributed by atoms with Crippen molar-refractivity contribution in [1.82, 2.24) is 10.2 Å². The molecule has 134 valence electrons.